The maximum absolute atomic E-state index is 9.84. The minimum absolute atomic E-state index is 0.138. The van der Waals surface area contributed by atoms with Crippen molar-refractivity contribution in [1.82, 2.24) is 10.6 Å². The first-order chi connectivity index (χ1) is 9.29. The third-order valence-electron chi connectivity index (χ3n) is 4.39. The summed E-state index contributed by atoms with van der Waals surface area (Å²) in [6.45, 7) is 3.75. The minimum Gasteiger partial charge on any atom is -0.393 e. The van der Waals surface area contributed by atoms with Crippen LogP contribution in [0.2, 0.25) is 0 Å². The van der Waals surface area contributed by atoms with Crippen LogP contribution < -0.4 is 10.6 Å². The molecule has 2 fully saturated rings. The van der Waals surface area contributed by atoms with Gasteiger partial charge in [-0.2, -0.15) is 0 Å². The van der Waals surface area contributed by atoms with Crippen molar-refractivity contribution < 1.29 is 5.11 Å². The van der Waals surface area contributed by atoms with Crippen LogP contribution in [0.4, 0.5) is 0 Å². The molecule has 0 radical (unpaired) electrons. The lowest BCUT2D eigenvalue weighted by Gasteiger charge is -2.25. The average molecular weight is 267 g/mol. The molecule has 0 aromatic rings. The number of rotatable bonds is 4. The Labute approximate surface area is 117 Å². The number of nitrogens with zero attached hydrogens (tertiary/aromatic N) is 1. The van der Waals surface area contributed by atoms with Crippen molar-refractivity contribution in [2.75, 3.05) is 13.1 Å². The Morgan fingerprint density at radius 3 is 2.53 bits per heavy atom. The van der Waals surface area contributed by atoms with Crippen molar-refractivity contribution in [3.8, 4) is 0 Å². The van der Waals surface area contributed by atoms with Crippen molar-refractivity contribution in [3.05, 3.63) is 0 Å². The molecular formula is C15H29N3O. The van der Waals surface area contributed by atoms with E-state index >= 15 is 0 Å². The van der Waals surface area contributed by atoms with Crippen LogP contribution in [0.3, 0.4) is 0 Å². The van der Waals surface area contributed by atoms with Gasteiger partial charge in [0.25, 0.3) is 0 Å². The number of nitrogens with one attached hydrogen (secondary N) is 2. The lowest BCUT2D eigenvalue weighted by molar-refractivity contribution is 0.136. The van der Waals surface area contributed by atoms with E-state index in [4.69, 9.17) is 0 Å². The van der Waals surface area contributed by atoms with Crippen LogP contribution in [0.5, 0.6) is 0 Å². The van der Waals surface area contributed by atoms with E-state index in [-0.39, 0.29) is 6.10 Å². The second kappa shape index (κ2) is 7.73. The Hall–Kier alpha value is -0.770. The molecule has 2 aliphatic rings. The van der Waals surface area contributed by atoms with Gasteiger partial charge in [-0.3, -0.25) is 4.99 Å². The monoisotopic (exact) mass is 267 g/mol. The molecule has 4 nitrogen and oxygen atoms in total. The van der Waals surface area contributed by atoms with E-state index < -0.39 is 0 Å². The van der Waals surface area contributed by atoms with Gasteiger partial charge in [0.2, 0.25) is 0 Å². The zero-order chi connectivity index (χ0) is 13.5. The molecule has 0 heterocycles. The molecular weight excluding hydrogens is 238 g/mol. The van der Waals surface area contributed by atoms with Gasteiger partial charge in [0.15, 0.2) is 5.96 Å². The summed E-state index contributed by atoms with van der Waals surface area (Å²) >= 11 is 0. The third-order valence-corrected chi connectivity index (χ3v) is 4.39. The molecule has 2 aliphatic carbocycles. The first-order valence-electron chi connectivity index (χ1n) is 8.02. The molecule has 0 amide bonds. The number of aliphatic imine (C=N–C) groups is 1. The molecule has 0 bridgehead atoms. The van der Waals surface area contributed by atoms with Crippen LogP contribution in [-0.4, -0.2) is 36.3 Å². The summed E-state index contributed by atoms with van der Waals surface area (Å²) in [5.41, 5.74) is 0. The van der Waals surface area contributed by atoms with Gasteiger partial charge in [-0.15, -0.1) is 0 Å². The van der Waals surface area contributed by atoms with Gasteiger partial charge in [-0.25, -0.2) is 0 Å². The summed E-state index contributed by atoms with van der Waals surface area (Å²) in [5, 5.41) is 16.7. The molecule has 4 heteroatoms. The summed E-state index contributed by atoms with van der Waals surface area (Å²) in [6.07, 6.45) is 9.64. The van der Waals surface area contributed by atoms with Gasteiger partial charge in [0, 0.05) is 25.0 Å². The molecule has 0 aromatic carbocycles. The summed E-state index contributed by atoms with van der Waals surface area (Å²) in [4.78, 5) is 4.67. The van der Waals surface area contributed by atoms with Crippen molar-refractivity contribution in [3.63, 3.8) is 0 Å². The van der Waals surface area contributed by atoms with Crippen molar-refractivity contribution >= 4 is 5.96 Å². The maximum Gasteiger partial charge on any atom is 0.191 e. The van der Waals surface area contributed by atoms with Crippen LogP contribution in [-0.2, 0) is 0 Å². The standard InChI is InChI=1S/C15H29N3O/c1-2-16-15(18-13-8-4-3-5-9-13)17-11-12-7-6-10-14(12)19/h12-14,19H,2-11H2,1H3,(H2,16,17,18). The lowest BCUT2D eigenvalue weighted by atomic mass is 9.96. The number of hydrogen-bond donors (Lipinski definition) is 3. The van der Waals surface area contributed by atoms with E-state index in [1.54, 1.807) is 0 Å². The molecule has 0 spiro atoms. The third kappa shape index (κ3) is 4.68. The van der Waals surface area contributed by atoms with E-state index in [1.165, 1.54) is 32.1 Å². The van der Waals surface area contributed by atoms with E-state index in [2.05, 4.69) is 22.5 Å². The molecule has 0 aromatic heterocycles. The lowest BCUT2D eigenvalue weighted by Crippen LogP contribution is -2.44. The van der Waals surface area contributed by atoms with E-state index in [0.29, 0.717) is 12.0 Å². The second-order valence-corrected chi connectivity index (χ2v) is 5.96. The highest BCUT2D eigenvalue weighted by atomic mass is 16.3. The molecule has 2 unspecified atom stereocenters. The van der Waals surface area contributed by atoms with Crippen molar-refractivity contribution in [1.29, 1.82) is 0 Å². The molecule has 2 saturated carbocycles. The molecule has 0 aliphatic heterocycles. The highest BCUT2D eigenvalue weighted by Crippen LogP contribution is 2.25. The van der Waals surface area contributed by atoms with Crippen molar-refractivity contribution in [2.24, 2.45) is 10.9 Å². The molecule has 0 saturated heterocycles. The van der Waals surface area contributed by atoms with Crippen LogP contribution in [0.15, 0.2) is 4.99 Å². The normalized spacial score (nSPS) is 29.5. The molecule has 2 atom stereocenters. The Morgan fingerprint density at radius 2 is 1.89 bits per heavy atom. The van der Waals surface area contributed by atoms with Gasteiger partial charge < -0.3 is 15.7 Å². The number of hydrogen-bond acceptors (Lipinski definition) is 2. The number of guanidine groups is 1. The van der Waals surface area contributed by atoms with Crippen molar-refractivity contribution in [2.45, 2.75) is 70.4 Å². The largest absolute Gasteiger partial charge is 0.393 e. The fourth-order valence-electron chi connectivity index (χ4n) is 3.20. The summed E-state index contributed by atoms with van der Waals surface area (Å²) in [5.74, 6) is 1.30. The van der Waals surface area contributed by atoms with Gasteiger partial charge in [0.1, 0.15) is 0 Å². The first-order valence-corrected chi connectivity index (χ1v) is 8.02. The molecule has 2 rings (SSSR count). The highest BCUT2D eigenvalue weighted by molar-refractivity contribution is 5.80. The fourth-order valence-corrected chi connectivity index (χ4v) is 3.20. The van der Waals surface area contributed by atoms with Gasteiger partial charge in [0.05, 0.1) is 6.10 Å². The molecule has 19 heavy (non-hydrogen) atoms. The maximum atomic E-state index is 9.84. The Morgan fingerprint density at radius 1 is 1.11 bits per heavy atom. The molecule has 3 N–H and O–H groups in total. The number of aliphatic hydroxyl groups excluding tert-OH is 1. The summed E-state index contributed by atoms with van der Waals surface area (Å²) in [7, 11) is 0. The second-order valence-electron chi connectivity index (χ2n) is 5.96. The number of aliphatic hydroxyl groups is 1. The average Bonchev–Trinajstić information content (AvgIpc) is 2.83. The van der Waals surface area contributed by atoms with E-state index in [1.807, 2.05) is 0 Å². The van der Waals surface area contributed by atoms with E-state index in [0.717, 1.165) is 38.3 Å². The summed E-state index contributed by atoms with van der Waals surface area (Å²) < 4.78 is 0. The van der Waals surface area contributed by atoms with Gasteiger partial charge in [-0.05, 0) is 32.6 Å². The van der Waals surface area contributed by atoms with Crippen LogP contribution >= 0.6 is 0 Å². The summed E-state index contributed by atoms with van der Waals surface area (Å²) in [6, 6.07) is 0.583. The predicted octanol–water partition coefficient (Wildman–Crippen LogP) is 2.04. The predicted molar refractivity (Wildman–Crippen MR) is 79.3 cm³/mol. The van der Waals surface area contributed by atoms with Crippen LogP contribution in [0.1, 0.15) is 58.3 Å². The topological polar surface area (TPSA) is 56.7 Å². The zero-order valence-electron chi connectivity index (χ0n) is 12.2. The Kier molecular flexibility index (Phi) is 5.95. The molecule has 110 valence electrons. The zero-order valence-corrected chi connectivity index (χ0v) is 12.2. The van der Waals surface area contributed by atoms with Gasteiger partial charge in [-0.1, -0.05) is 25.7 Å². The van der Waals surface area contributed by atoms with Gasteiger partial charge >= 0.3 is 0 Å². The Balaban J connectivity index is 1.82. The SMILES string of the molecule is CCNC(=NCC1CCCC1O)NC1CCCCC1. The quantitative estimate of drug-likeness (QED) is 0.539. The highest BCUT2D eigenvalue weighted by Gasteiger charge is 2.25. The van der Waals surface area contributed by atoms with Crippen LogP contribution in [0, 0.1) is 5.92 Å². The van der Waals surface area contributed by atoms with E-state index in [9.17, 15) is 5.11 Å². The first kappa shape index (κ1) is 14.6. The Bertz CT molecular complexity index is 287. The minimum atomic E-state index is -0.138. The fraction of sp³-hybridized carbons (Fsp3) is 0.933. The smallest absolute Gasteiger partial charge is 0.191 e. The van der Waals surface area contributed by atoms with Crippen LogP contribution in [0.25, 0.3) is 0 Å².